The van der Waals surface area contributed by atoms with Crippen LogP contribution in [0.15, 0.2) is 42.9 Å². The number of hydrogen-bond donors (Lipinski definition) is 0. The lowest BCUT2D eigenvalue weighted by Crippen LogP contribution is -1.99. The zero-order valence-corrected chi connectivity index (χ0v) is 10.1. The van der Waals surface area contributed by atoms with Crippen molar-refractivity contribution < 1.29 is 4.74 Å². The Morgan fingerprint density at radius 2 is 1.94 bits per heavy atom. The maximum absolute atomic E-state index is 5.76. The summed E-state index contributed by atoms with van der Waals surface area (Å²) in [7, 11) is 0. The monoisotopic (exact) mass is 248 g/mol. The molecule has 0 aliphatic carbocycles. The fourth-order valence-electron chi connectivity index (χ4n) is 1.49. The van der Waals surface area contributed by atoms with Crippen molar-refractivity contribution in [1.29, 1.82) is 0 Å². The van der Waals surface area contributed by atoms with Gasteiger partial charge in [0, 0.05) is 24.7 Å². The second-order valence-corrected chi connectivity index (χ2v) is 4.01. The van der Waals surface area contributed by atoms with Gasteiger partial charge in [0.2, 0.25) is 0 Å². The first-order chi connectivity index (χ1) is 8.34. The Balaban J connectivity index is 1.73. The molecule has 0 unspecified atom stereocenters. The molecule has 88 valence electrons. The molecule has 17 heavy (non-hydrogen) atoms. The van der Waals surface area contributed by atoms with Crippen molar-refractivity contribution in [3.05, 3.63) is 53.6 Å². The van der Waals surface area contributed by atoms with Gasteiger partial charge < -0.3 is 4.74 Å². The predicted molar refractivity (Wildman–Crippen MR) is 67.3 cm³/mol. The molecule has 2 rings (SSSR count). The summed E-state index contributed by atoms with van der Waals surface area (Å²) in [5, 5.41) is 0.455. The molecule has 0 radical (unpaired) electrons. The van der Waals surface area contributed by atoms with Crippen LogP contribution < -0.4 is 4.74 Å². The Labute approximate surface area is 105 Å². The van der Waals surface area contributed by atoms with Gasteiger partial charge in [0.25, 0.3) is 0 Å². The van der Waals surface area contributed by atoms with Crippen LogP contribution in [0.1, 0.15) is 12.0 Å². The van der Waals surface area contributed by atoms with Gasteiger partial charge in [0.15, 0.2) is 0 Å². The highest BCUT2D eigenvalue weighted by atomic mass is 35.5. The van der Waals surface area contributed by atoms with Crippen LogP contribution in [0.3, 0.4) is 0 Å². The first-order valence-electron chi connectivity index (χ1n) is 5.48. The lowest BCUT2D eigenvalue weighted by Gasteiger charge is -2.05. The molecule has 3 nitrogen and oxygen atoms in total. The van der Waals surface area contributed by atoms with Crippen molar-refractivity contribution in [1.82, 2.24) is 9.97 Å². The molecule has 0 spiro atoms. The van der Waals surface area contributed by atoms with E-state index in [0.29, 0.717) is 11.8 Å². The van der Waals surface area contributed by atoms with E-state index in [1.54, 1.807) is 30.7 Å². The molecule has 0 aliphatic heterocycles. The molecular weight excluding hydrogens is 236 g/mol. The quantitative estimate of drug-likeness (QED) is 0.602. The largest absolute Gasteiger partial charge is 0.493 e. The van der Waals surface area contributed by atoms with Crippen molar-refractivity contribution in [2.45, 2.75) is 12.8 Å². The average molecular weight is 249 g/mol. The SMILES string of the molecule is Clc1cc(OCCCc2ccncc2)ccn1. The summed E-state index contributed by atoms with van der Waals surface area (Å²) >= 11 is 5.76. The zero-order chi connectivity index (χ0) is 11.9. The second kappa shape index (κ2) is 6.21. The molecule has 0 amide bonds. The van der Waals surface area contributed by atoms with Gasteiger partial charge in [-0.2, -0.15) is 0 Å². The van der Waals surface area contributed by atoms with Crippen LogP contribution >= 0.6 is 11.6 Å². The number of aromatic nitrogens is 2. The Morgan fingerprint density at radius 3 is 2.71 bits per heavy atom. The number of pyridine rings is 2. The molecule has 2 aromatic rings. The van der Waals surface area contributed by atoms with Gasteiger partial charge in [-0.3, -0.25) is 4.98 Å². The summed E-state index contributed by atoms with van der Waals surface area (Å²) in [6, 6.07) is 7.55. The molecule has 2 aromatic heterocycles. The minimum Gasteiger partial charge on any atom is -0.493 e. The summed E-state index contributed by atoms with van der Waals surface area (Å²) in [5.41, 5.74) is 1.27. The zero-order valence-electron chi connectivity index (χ0n) is 9.34. The van der Waals surface area contributed by atoms with Crippen molar-refractivity contribution in [3.8, 4) is 5.75 Å². The van der Waals surface area contributed by atoms with E-state index >= 15 is 0 Å². The van der Waals surface area contributed by atoms with Gasteiger partial charge in [-0.1, -0.05) is 11.6 Å². The lowest BCUT2D eigenvalue weighted by atomic mass is 10.1. The summed E-state index contributed by atoms with van der Waals surface area (Å²) in [6.07, 6.45) is 7.20. The summed E-state index contributed by atoms with van der Waals surface area (Å²) in [6.45, 7) is 0.669. The summed E-state index contributed by atoms with van der Waals surface area (Å²) < 4.78 is 5.57. The Morgan fingerprint density at radius 1 is 1.12 bits per heavy atom. The molecular formula is C13H13ClN2O. The molecule has 4 heteroatoms. The molecule has 0 aliphatic rings. The highest BCUT2D eigenvalue weighted by Crippen LogP contribution is 2.14. The number of rotatable bonds is 5. The molecule has 2 heterocycles. The van der Waals surface area contributed by atoms with Crippen LogP contribution in [-0.2, 0) is 6.42 Å². The van der Waals surface area contributed by atoms with Crippen molar-refractivity contribution in [2.75, 3.05) is 6.61 Å². The molecule has 0 fully saturated rings. The van der Waals surface area contributed by atoms with E-state index in [1.165, 1.54) is 5.56 Å². The molecule has 0 atom stereocenters. The van der Waals surface area contributed by atoms with Gasteiger partial charge in [0.05, 0.1) is 6.61 Å². The van der Waals surface area contributed by atoms with E-state index in [9.17, 15) is 0 Å². The van der Waals surface area contributed by atoms with Crippen LogP contribution in [0.4, 0.5) is 0 Å². The Kier molecular flexibility index (Phi) is 4.33. The number of nitrogens with zero attached hydrogens (tertiary/aromatic N) is 2. The molecule has 0 aromatic carbocycles. The fraction of sp³-hybridized carbons (Fsp3) is 0.231. The van der Waals surface area contributed by atoms with Crippen LogP contribution in [0.5, 0.6) is 5.75 Å². The third-order valence-electron chi connectivity index (χ3n) is 2.33. The maximum Gasteiger partial charge on any atom is 0.132 e. The first kappa shape index (κ1) is 11.9. The topological polar surface area (TPSA) is 35.0 Å². The summed E-state index contributed by atoms with van der Waals surface area (Å²) in [4.78, 5) is 7.87. The third kappa shape index (κ3) is 4.04. The van der Waals surface area contributed by atoms with Crippen molar-refractivity contribution >= 4 is 11.6 Å². The molecule has 0 bridgehead atoms. The van der Waals surface area contributed by atoms with Crippen LogP contribution in [0.2, 0.25) is 5.15 Å². The van der Waals surface area contributed by atoms with E-state index in [2.05, 4.69) is 9.97 Å². The van der Waals surface area contributed by atoms with Crippen LogP contribution in [0.25, 0.3) is 0 Å². The fourth-order valence-corrected chi connectivity index (χ4v) is 1.65. The minimum absolute atomic E-state index is 0.455. The van der Waals surface area contributed by atoms with Gasteiger partial charge in [-0.25, -0.2) is 4.98 Å². The number of hydrogen-bond acceptors (Lipinski definition) is 3. The predicted octanol–water partition coefficient (Wildman–Crippen LogP) is 3.14. The average Bonchev–Trinajstić information content (AvgIpc) is 2.36. The highest BCUT2D eigenvalue weighted by Gasteiger charge is 1.96. The highest BCUT2D eigenvalue weighted by molar-refractivity contribution is 6.29. The van der Waals surface area contributed by atoms with E-state index in [-0.39, 0.29) is 0 Å². The van der Waals surface area contributed by atoms with Gasteiger partial charge in [-0.15, -0.1) is 0 Å². The molecule has 0 N–H and O–H groups in total. The van der Waals surface area contributed by atoms with Crippen LogP contribution in [0, 0.1) is 0 Å². The first-order valence-corrected chi connectivity index (χ1v) is 5.85. The van der Waals surface area contributed by atoms with Crippen molar-refractivity contribution in [3.63, 3.8) is 0 Å². The second-order valence-electron chi connectivity index (χ2n) is 3.62. The van der Waals surface area contributed by atoms with Crippen molar-refractivity contribution in [2.24, 2.45) is 0 Å². The Hall–Kier alpha value is -1.61. The number of ether oxygens (including phenoxy) is 1. The Bertz CT molecular complexity index is 462. The van der Waals surface area contributed by atoms with Gasteiger partial charge in [-0.05, 0) is 36.6 Å². The number of aryl methyl sites for hydroxylation is 1. The normalized spacial score (nSPS) is 10.2. The van der Waals surface area contributed by atoms with E-state index < -0.39 is 0 Å². The standard InChI is InChI=1S/C13H13ClN2O/c14-13-10-12(5-8-16-13)17-9-1-2-11-3-6-15-7-4-11/h3-8,10H,1-2,9H2. The van der Waals surface area contributed by atoms with Crippen LogP contribution in [-0.4, -0.2) is 16.6 Å². The van der Waals surface area contributed by atoms with E-state index in [1.807, 2.05) is 12.1 Å². The third-order valence-corrected chi connectivity index (χ3v) is 2.53. The van der Waals surface area contributed by atoms with E-state index in [4.69, 9.17) is 16.3 Å². The summed E-state index contributed by atoms with van der Waals surface area (Å²) in [5.74, 6) is 0.764. The maximum atomic E-state index is 5.76. The van der Waals surface area contributed by atoms with E-state index in [0.717, 1.165) is 18.6 Å². The van der Waals surface area contributed by atoms with Gasteiger partial charge in [0.1, 0.15) is 10.9 Å². The minimum atomic E-state index is 0.455. The molecule has 0 saturated heterocycles. The smallest absolute Gasteiger partial charge is 0.132 e. The number of halogens is 1. The molecule has 0 saturated carbocycles. The lowest BCUT2D eigenvalue weighted by molar-refractivity contribution is 0.310. The van der Waals surface area contributed by atoms with Gasteiger partial charge >= 0.3 is 0 Å².